The summed E-state index contributed by atoms with van der Waals surface area (Å²) in [5.74, 6) is 7.91. The first-order valence-corrected chi connectivity index (χ1v) is 42.0. The second-order valence-electron chi connectivity index (χ2n) is 33.9. The van der Waals surface area contributed by atoms with E-state index in [9.17, 15) is 0 Å². The second-order valence-corrected chi connectivity index (χ2v) is 33.9. The van der Waals surface area contributed by atoms with Gasteiger partial charge in [-0.3, -0.25) is 0 Å². The highest BCUT2D eigenvalue weighted by Crippen LogP contribution is 2.50. The van der Waals surface area contributed by atoms with Crippen LogP contribution >= 0.6 is 0 Å². The van der Waals surface area contributed by atoms with E-state index in [-0.39, 0.29) is 91.3 Å². The predicted octanol–water partition coefficient (Wildman–Crippen LogP) is 30.7. The highest BCUT2D eigenvalue weighted by atomic mass is 16.5. The third-order valence-corrected chi connectivity index (χ3v) is 23.4. The first-order valence-electron chi connectivity index (χ1n) is 42.0. The Morgan fingerprint density at radius 1 is 0.353 bits per heavy atom. The molecule has 8 unspecified atom stereocenters. The van der Waals surface area contributed by atoms with Crippen molar-refractivity contribution in [1.82, 2.24) is 0 Å². The van der Waals surface area contributed by atoms with Crippen molar-refractivity contribution in [1.29, 1.82) is 0 Å². The summed E-state index contributed by atoms with van der Waals surface area (Å²) in [6.45, 7) is 42.6. The highest BCUT2D eigenvalue weighted by Gasteiger charge is 2.37. The van der Waals surface area contributed by atoms with Crippen molar-refractivity contribution in [3.05, 3.63) is 201 Å². The Labute approximate surface area is 711 Å². The Balaban J connectivity index is 0.000000853. The second kappa shape index (κ2) is 52.9. The fourth-order valence-corrected chi connectivity index (χ4v) is 15.9. The molecule has 0 aromatic heterocycles. The minimum atomic E-state index is -0.123. The van der Waals surface area contributed by atoms with Crippen molar-refractivity contribution in [3.63, 3.8) is 0 Å². The Hall–Kier alpha value is -6.86. The number of rotatable bonds is 37. The van der Waals surface area contributed by atoms with Crippen LogP contribution in [0.3, 0.4) is 0 Å². The topological polar surface area (TPSA) is 102 Å². The molecule has 0 saturated heterocycles. The van der Waals surface area contributed by atoms with E-state index in [1.54, 1.807) is 21.3 Å². The monoisotopic (exact) mass is 1610 g/mol. The molecule has 8 atom stereocenters. The van der Waals surface area contributed by atoms with Gasteiger partial charge in [0.2, 0.25) is 0 Å². The molecule has 116 heavy (non-hydrogen) atoms. The van der Waals surface area contributed by atoms with Crippen LogP contribution in [-0.4, -0.2) is 75.2 Å². The van der Waals surface area contributed by atoms with Crippen LogP contribution in [0.2, 0.25) is 0 Å². The van der Waals surface area contributed by atoms with Gasteiger partial charge in [-0.05, 0) is 229 Å². The van der Waals surface area contributed by atoms with E-state index in [4.69, 9.17) is 52.1 Å². The maximum absolute atomic E-state index is 6.75. The summed E-state index contributed by atoms with van der Waals surface area (Å²) in [5, 5.41) is 0. The van der Waals surface area contributed by atoms with Gasteiger partial charge < -0.3 is 52.1 Å². The summed E-state index contributed by atoms with van der Waals surface area (Å²) in [4.78, 5) is 0. The molecule has 0 bridgehead atoms. The van der Waals surface area contributed by atoms with Crippen LogP contribution in [0.5, 0.6) is 34.5 Å². The molecule has 11 heteroatoms. The number of hydrogen-bond donors (Lipinski definition) is 0. The fraction of sp³-hybridized carbons (Fsp3) is 0.600. The van der Waals surface area contributed by atoms with Crippen LogP contribution in [0.4, 0.5) is 0 Å². The molecule has 2 fully saturated rings. The van der Waals surface area contributed by atoms with E-state index in [2.05, 4.69) is 246 Å². The van der Waals surface area contributed by atoms with E-state index < -0.39 is 0 Å². The number of aryl methyl sites for hydroxylation is 2. The van der Waals surface area contributed by atoms with Gasteiger partial charge in [0.15, 0.2) is 0 Å². The summed E-state index contributed by atoms with van der Waals surface area (Å²) < 4.78 is 68.2. The first kappa shape index (κ1) is 107. The zero-order valence-corrected chi connectivity index (χ0v) is 72.4. The minimum Gasteiger partial charge on any atom is -0.490 e. The van der Waals surface area contributed by atoms with Crippen LogP contribution in [0.25, 0.3) is 11.1 Å². The predicted molar refractivity (Wildman–Crippen MR) is 497 cm³/mol. The third-order valence-electron chi connectivity index (χ3n) is 23.4. The third kappa shape index (κ3) is 30.4. The number of hydrogen-bond acceptors (Lipinski definition) is 11. The summed E-state index contributed by atoms with van der Waals surface area (Å²) in [6.07, 6.45) is 17.8. The van der Waals surface area contributed by atoms with Crippen LogP contribution in [-0.2, 0) is 35.5 Å². The maximum atomic E-state index is 6.75. The molecule has 7 aromatic rings. The molecule has 2 aliphatic rings. The van der Waals surface area contributed by atoms with Gasteiger partial charge in [0.05, 0.1) is 30.5 Å². The van der Waals surface area contributed by atoms with Gasteiger partial charge >= 0.3 is 0 Å². The SMILES string of the molecule is C.C.C.C.C.C.CCC(C)c1ccc(OCCOc2c(C(C)CC)cc(-c3ccccc3)cc2C(C)OC)cc1.CCC(C)c1ccc(OCCOc2c(C(OC)C(C)(C)C)cc(C)cc2C(OC)C(C)(C)C)cc1.CCc1cc(C(OC)C2CCCCC2)c(OCCOc2ccc(C(C)(C)CC)cc2)c(C(OC)C2CCCCC2)c1. The number of ether oxygens (including phenoxy) is 11. The molecule has 0 spiro atoms. The van der Waals surface area contributed by atoms with Gasteiger partial charge in [-0.1, -0.05) is 266 Å². The van der Waals surface area contributed by atoms with Crippen LogP contribution in [0, 0.1) is 29.6 Å². The lowest BCUT2D eigenvalue weighted by Gasteiger charge is -2.35. The van der Waals surface area contributed by atoms with Gasteiger partial charge in [0.25, 0.3) is 0 Å². The van der Waals surface area contributed by atoms with Gasteiger partial charge in [-0.2, -0.15) is 0 Å². The van der Waals surface area contributed by atoms with Gasteiger partial charge in [-0.15, -0.1) is 0 Å². The van der Waals surface area contributed by atoms with Crippen molar-refractivity contribution in [2.24, 2.45) is 22.7 Å². The molecule has 0 aliphatic heterocycles. The average Bonchev–Trinajstić information content (AvgIpc) is 0.769. The van der Waals surface area contributed by atoms with Crippen molar-refractivity contribution >= 4 is 0 Å². The molecule has 7 aromatic carbocycles. The zero-order valence-electron chi connectivity index (χ0n) is 72.4. The van der Waals surface area contributed by atoms with E-state index in [1.165, 1.54) is 114 Å². The Morgan fingerprint density at radius 2 is 0.707 bits per heavy atom. The lowest BCUT2D eigenvalue weighted by atomic mass is 9.79. The summed E-state index contributed by atoms with van der Waals surface area (Å²) in [7, 11) is 9.04. The number of benzene rings is 7. The maximum Gasteiger partial charge on any atom is 0.131 e. The lowest BCUT2D eigenvalue weighted by molar-refractivity contribution is 0.00570. The Bertz CT molecular complexity index is 3640. The molecule has 2 aliphatic carbocycles. The molecule has 0 heterocycles. The minimum absolute atomic E-state index is 0. The highest BCUT2D eigenvalue weighted by molar-refractivity contribution is 5.68. The largest absolute Gasteiger partial charge is 0.490 e. The molecule has 654 valence electrons. The van der Waals surface area contributed by atoms with Crippen molar-refractivity contribution in [2.75, 3.05) is 75.2 Å². The van der Waals surface area contributed by atoms with E-state index in [0.29, 0.717) is 69.2 Å². The average molecular weight is 1610 g/mol. The van der Waals surface area contributed by atoms with Crippen molar-refractivity contribution in [3.8, 4) is 45.6 Å². The van der Waals surface area contributed by atoms with Crippen LogP contribution < -0.4 is 28.4 Å². The molecule has 0 N–H and O–H groups in total. The van der Waals surface area contributed by atoms with Crippen molar-refractivity contribution in [2.45, 2.75) is 319 Å². The van der Waals surface area contributed by atoms with E-state index in [1.807, 2.05) is 32.4 Å². The summed E-state index contributed by atoms with van der Waals surface area (Å²) >= 11 is 0. The Kier molecular flexibility index (Phi) is 48.9. The summed E-state index contributed by atoms with van der Waals surface area (Å²) in [6, 6.07) is 49.5. The molecule has 11 nitrogen and oxygen atoms in total. The van der Waals surface area contributed by atoms with E-state index in [0.717, 1.165) is 88.9 Å². The Morgan fingerprint density at radius 3 is 1.04 bits per heavy atom. The quantitative estimate of drug-likeness (QED) is 0.0348. The fourth-order valence-electron chi connectivity index (χ4n) is 15.9. The van der Waals surface area contributed by atoms with Gasteiger partial charge in [0.1, 0.15) is 74.1 Å². The number of methoxy groups -OCH3 is 5. The van der Waals surface area contributed by atoms with Gasteiger partial charge in [-0.25, -0.2) is 0 Å². The van der Waals surface area contributed by atoms with Crippen LogP contribution in [0.15, 0.2) is 140 Å². The molecule has 2 saturated carbocycles. The van der Waals surface area contributed by atoms with E-state index >= 15 is 0 Å². The smallest absolute Gasteiger partial charge is 0.131 e. The normalized spacial score (nSPS) is 15.2. The molecule has 0 radical (unpaired) electrons. The van der Waals surface area contributed by atoms with Gasteiger partial charge in [0, 0.05) is 63.4 Å². The summed E-state index contributed by atoms with van der Waals surface area (Å²) in [5.41, 5.74) is 15.7. The molecular formula is C105H168O11. The lowest BCUT2D eigenvalue weighted by Crippen LogP contribution is -2.25. The molecule has 9 rings (SSSR count). The van der Waals surface area contributed by atoms with Crippen LogP contribution in [0.1, 0.15) is 362 Å². The molecule has 0 amide bonds. The van der Waals surface area contributed by atoms with Crippen molar-refractivity contribution < 1.29 is 52.1 Å². The zero-order chi connectivity index (χ0) is 80.1. The molecular weight excluding hydrogens is 1440 g/mol. The standard InChI is InChI=1S/C37H56O4.C31H48O4.C31H40O3.6CH4/c1-7-27-25-32(34(38-5)28-15-11-9-12-16-28)36(33(26-27)35(39-6)29-17-13-10-14-18-29)41-24-23-40-31-21-19-30(20-22-31)37(3,4)8-2;1-12-22(3)23-13-15-24(16-14-23)34-17-18-35-27-25(28(32-10)30(4,5)6)19-21(2)20-26(27)29(33-11)31(7,8)9;1-7-22(3)25-14-16-28(17-15-25)33-18-19-34-31-29(23(4)8-2)20-27(21-30(31)24(5)32-6)26-12-10-9-11-13-26;;;;;;/h19-22,25-26,28-29,34-35H,7-18,23-24H2,1-6H3;13-16,19-20,22,28-29H,12,17-18H2,1-11H3;9-17,20-24H,7-8,18-19H2,1-6H3;6*1H4. The first-order chi connectivity index (χ1) is 52.7.